The average Bonchev–Trinajstić information content (AvgIpc) is 3.12. The van der Waals surface area contributed by atoms with Crippen LogP contribution in [0.15, 0.2) is 0 Å². The Morgan fingerprint density at radius 3 is 2.94 bits per heavy atom. The van der Waals surface area contributed by atoms with E-state index in [0.717, 1.165) is 13.2 Å². The van der Waals surface area contributed by atoms with Crippen LogP contribution in [0.1, 0.15) is 44.9 Å². The van der Waals surface area contributed by atoms with Crippen molar-refractivity contribution in [3.8, 4) is 0 Å². The SMILES string of the molecule is COCCC1(CNCC2CCCCCN2)CC1. The van der Waals surface area contributed by atoms with Crippen LogP contribution in [0, 0.1) is 5.41 Å². The molecule has 0 aromatic carbocycles. The van der Waals surface area contributed by atoms with E-state index >= 15 is 0 Å². The zero-order valence-electron chi connectivity index (χ0n) is 11.3. The van der Waals surface area contributed by atoms with Crippen molar-refractivity contribution >= 4 is 0 Å². The number of methoxy groups -OCH3 is 1. The van der Waals surface area contributed by atoms with Gasteiger partial charge in [-0.15, -0.1) is 0 Å². The number of ether oxygens (including phenoxy) is 1. The molecule has 0 spiro atoms. The minimum Gasteiger partial charge on any atom is -0.385 e. The highest BCUT2D eigenvalue weighted by Gasteiger charge is 2.41. The molecule has 0 amide bonds. The third kappa shape index (κ3) is 4.57. The molecule has 3 nitrogen and oxygen atoms in total. The van der Waals surface area contributed by atoms with E-state index in [1.807, 2.05) is 0 Å². The minimum atomic E-state index is 0.584. The highest BCUT2D eigenvalue weighted by Crippen LogP contribution is 2.48. The maximum absolute atomic E-state index is 5.19. The summed E-state index contributed by atoms with van der Waals surface area (Å²) in [5.74, 6) is 0. The predicted molar refractivity (Wildman–Crippen MR) is 71.3 cm³/mol. The number of rotatable bonds is 7. The third-order valence-electron chi connectivity index (χ3n) is 4.35. The lowest BCUT2D eigenvalue weighted by Gasteiger charge is -2.20. The standard InChI is InChI=1S/C14H28N2O/c1-17-10-8-14(6-7-14)12-15-11-13-5-3-2-4-9-16-13/h13,15-16H,2-12H2,1H3. The third-order valence-corrected chi connectivity index (χ3v) is 4.35. The van der Waals surface area contributed by atoms with Gasteiger partial charge in [-0.05, 0) is 44.1 Å². The summed E-state index contributed by atoms with van der Waals surface area (Å²) in [6, 6.07) is 0.704. The quantitative estimate of drug-likeness (QED) is 0.713. The summed E-state index contributed by atoms with van der Waals surface area (Å²) < 4.78 is 5.19. The molecule has 1 atom stereocenters. The molecule has 1 saturated heterocycles. The van der Waals surface area contributed by atoms with Crippen LogP contribution in [0.3, 0.4) is 0 Å². The summed E-state index contributed by atoms with van der Waals surface area (Å²) >= 11 is 0. The van der Waals surface area contributed by atoms with Gasteiger partial charge < -0.3 is 15.4 Å². The Morgan fingerprint density at radius 1 is 1.29 bits per heavy atom. The second-order valence-corrected chi connectivity index (χ2v) is 5.87. The summed E-state index contributed by atoms with van der Waals surface area (Å²) in [6.45, 7) is 4.47. The van der Waals surface area contributed by atoms with Crippen LogP contribution < -0.4 is 10.6 Å². The molecule has 1 aliphatic heterocycles. The van der Waals surface area contributed by atoms with Crippen molar-refractivity contribution < 1.29 is 4.74 Å². The first-order valence-corrected chi connectivity index (χ1v) is 7.28. The van der Waals surface area contributed by atoms with Crippen LogP contribution in [-0.4, -0.2) is 39.4 Å². The molecule has 1 saturated carbocycles. The van der Waals surface area contributed by atoms with E-state index < -0.39 is 0 Å². The maximum Gasteiger partial charge on any atom is 0.0468 e. The smallest absolute Gasteiger partial charge is 0.0468 e. The number of nitrogens with one attached hydrogen (secondary N) is 2. The average molecular weight is 240 g/mol. The van der Waals surface area contributed by atoms with Gasteiger partial charge in [-0.2, -0.15) is 0 Å². The lowest BCUT2D eigenvalue weighted by molar-refractivity contribution is 0.171. The van der Waals surface area contributed by atoms with Crippen molar-refractivity contribution in [3.05, 3.63) is 0 Å². The van der Waals surface area contributed by atoms with Gasteiger partial charge in [0, 0.05) is 32.8 Å². The van der Waals surface area contributed by atoms with Crippen molar-refractivity contribution in [2.45, 2.75) is 51.0 Å². The molecular weight excluding hydrogens is 212 g/mol. The second-order valence-electron chi connectivity index (χ2n) is 5.87. The first-order valence-electron chi connectivity index (χ1n) is 7.28. The second kappa shape index (κ2) is 6.72. The first kappa shape index (κ1) is 13.3. The fraction of sp³-hybridized carbons (Fsp3) is 1.00. The Bertz CT molecular complexity index is 208. The molecule has 2 aliphatic rings. The monoisotopic (exact) mass is 240 g/mol. The van der Waals surface area contributed by atoms with Crippen molar-refractivity contribution in [3.63, 3.8) is 0 Å². The fourth-order valence-corrected chi connectivity index (χ4v) is 2.80. The van der Waals surface area contributed by atoms with E-state index in [2.05, 4.69) is 10.6 Å². The van der Waals surface area contributed by atoms with Gasteiger partial charge in [-0.1, -0.05) is 12.8 Å². The van der Waals surface area contributed by atoms with Gasteiger partial charge in [-0.3, -0.25) is 0 Å². The topological polar surface area (TPSA) is 33.3 Å². The van der Waals surface area contributed by atoms with Crippen LogP contribution >= 0.6 is 0 Å². The zero-order valence-corrected chi connectivity index (χ0v) is 11.3. The molecular formula is C14H28N2O. The number of hydrogen-bond acceptors (Lipinski definition) is 3. The molecule has 0 radical (unpaired) electrons. The maximum atomic E-state index is 5.19. The molecule has 17 heavy (non-hydrogen) atoms. The molecule has 2 fully saturated rings. The van der Waals surface area contributed by atoms with Crippen LogP contribution in [0.2, 0.25) is 0 Å². The van der Waals surface area contributed by atoms with Gasteiger partial charge in [-0.25, -0.2) is 0 Å². The Balaban J connectivity index is 1.58. The van der Waals surface area contributed by atoms with Gasteiger partial charge in [0.15, 0.2) is 0 Å². The predicted octanol–water partition coefficient (Wildman–Crippen LogP) is 1.92. The molecule has 2 rings (SSSR count). The molecule has 3 heteroatoms. The van der Waals surface area contributed by atoms with E-state index in [4.69, 9.17) is 4.74 Å². The van der Waals surface area contributed by atoms with Crippen LogP contribution in [-0.2, 0) is 4.74 Å². The van der Waals surface area contributed by atoms with Gasteiger partial charge >= 0.3 is 0 Å². The van der Waals surface area contributed by atoms with E-state index in [1.165, 1.54) is 58.0 Å². The summed E-state index contributed by atoms with van der Waals surface area (Å²) in [7, 11) is 1.80. The van der Waals surface area contributed by atoms with Crippen LogP contribution in [0.5, 0.6) is 0 Å². The molecule has 0 aromatic heterocycles. The Morgan fingerprint density at radius 2 is 2.18 bits per heavy atom. The van der Waals surface area contributed by atoms with E-state index in [1.54, 1.807) is 7.11 Å². The Labute approximate surface area is 106 Å². The Hall–Kier alpha value is -0.120. The lowest BCUT2D eigenvalue weighted by Crippen LogP contribution is -2.40. The van der Waals surface area contributed by atoms with E-state index in [0.29, 0.717) is 11.5 Å². The molecule has 1 unspecified atom stereocenters. The zero-order chi connectivity index (χ0) is 12.0. The lowest BCUT2D eigenvalue weighted by atomic mass is 10.0. The van der Waals surface area contributed by atoms with Crippen LogP contribution in [0.25, 0.3) is 0 Å². The summed E-state index contributed by atoms with van der Waals surface area (Å²) in [5, 5.41) is 7.32. The van der Waals surface area contributed by atoms with Gasteiger partial charge in [0.25, 0.3) is 0 Å². The summed E-state index contributed by atoms with van der Waals surface area (Å²) in [6.07, 6.45) is 9.51. The van der Waals surface area contributed by atoms with Crippen molar-refractivity contribution in [1.82, 2.24) is 10.6 Å². The fourth-order valence-electron chi connectivity index (χ4n) is 2.80. The first-order chi connectivity index (χ1) is 8.35. The summed E-state index contributed by atoms with van der Waals surface area (Å²) in [4.78, 5) is 0. The van der Waals surface area contributed by atoms with Crippen molar-refractivity contribution in [1.29, 1.82) is 0 Å². The van der Waals surface area contributed by atoms with E-state index in [9.17, 15) is 0 Å². The minimum absolute atomic E-state index is 0.584. The van der Waals surface area contributed by atoms with Crippen molar-refractivity contribution in [2.24, 2.45) is 5.41 Å². The van der Waals surface area contributed by atoms with Gasteiger partial charge in [0.2, 0.25) is 0 Å². The summed E-state index contributed by atoms with van der Waals surface area (Å²) in [5.41, 5.74) is 0.584. The van der Waals surface area contributed by atoms with Crippen molar-refractivity contribution in [2.75, 3.05) is 33.4 Å². The molecule has 100 valence electrons. The molecule has 0 aromatic rings. The normalized spacial score (nSPS) is 27.7. The van der Waals surface area contributed by atoms with Gasteiger partial charge in [0.05, 0.1) is 0 Å². The largest absolute Gasteiger partial charge is 0.385 e. The number of hydrogen-bond donors (Lipinski definition) is 2. The highest BCUT2D eigenvalue weighted by molar-refractivity contribution is 4.95. The molecule has 1 aliphatic carbocycles. The molecule has 0 bridgehead atoms. The molecule has 2 N–H and O–H groups in total. The van der Waals surface area contributed by atoms with E-state index in [-0.39, 0.29) is 0 Å². The highest BCUT2D eigenvalue weighted by atomic mass is 16.5. The Kier molecular flexibility index (Phi) is 5.26. The molecule has 1 heterocycles. The van der Waals surface area contributed by atoms with Gasteiger partial charge in [0.1, 0.15) is 0 Å². The van der Waals surface area contributed by atoms with Crippen LogP contribution in [0.4, 0.5) is 0 Å².